The van der Waals surface area contributed by atoms with Gasteiger partial charge in [0.05, 0.1) is 6.67 Å². The summed E-state index contributed by atoms with van der Waals surface area (Å²) in [5, 5.41) is 0. The van der Waals surface area contributed by atoms with E-state index in [9.17, 15) is 4.39 Å². The molecule has 0 saturated heterocycles. The molecule has 0 amide bonds. The van der Waals surface area contributed by atoms with E-state index in [1.54, 1.807) is 0 Å². The molecule has 0 heterocycles. The van der Waals surface area contributed by atoms with Crippen molar-refractivity contribution in [1.29, 1.82) is 0 Å². The molecule has 1 saturated carbocycles. The van der Waals surface area contributed by atoms with Crippen molar-refractivity contribution in [1.82, 2.24) is 0 Å². The molecule has 17 heavy (non-hydrogen) atoms. The third kappa shape index (κ3) is 2.86. The molecule has 2 N–H and O–H groups in total. The van der Waals surface area contributed by atoms with Crippen molar-refractivity contribution < 1.29 is 4.39 Å². The Bertz CT molecular complexity index is 356. The second-order valence-electron chi connectivity index (χ2n) is 5.17. The van der Waals surface area contributed by atoms with Crippen LogP contribution in [0.25, 0.3) is 0 Å². The number of hydrogen-bond acceptors (Lipinski definition) is 1. The van der Waals surface area contributed by atoms with Crippen molar-refractivity contribution in [3.63, 3.8) is 0 Å². The summed E-state index contributed by atoms with van der Waals surface area (Å²) in [6.07, 6.45) is 7.18. The summed E-state index contributed by atoms with van der Waals surface area (Å²) in [7, 11) is 0. The molecule has 0 bridgehead atoms. The predicted molar refractivity (Wildman–Crippen MR) is 69.7 cm³/mol. The summed E-state index contributed by atoms with van der Waals surface area (Å²) in [6, 6.07) is 8.45. The van der Waals surface area contributed by atoms with Gasteiger partial charge >= 0.3 is 0 Å². The van der Waals surface area contributed by atoms with Gasteiger partial charge in [-0.1, -0.05) is 37.1 Å². The summed E-state index contributed by atoms with van der Waals surface area (Å²) in [5.74, 6) is 0. The van der Waals surface area contributed by atoms with Crippen LogP contribution in [-0.2, 0) is 12.0 Å². The van der Waals surface area contributed by atoms with Crippen LogP contribution in [0.1, 0.15) is 49.7 Å². The molecular weight excluding hydrogens is 213 g/mol. The highest BCUT2D eigenvalue weighted by atomic mass is 19.1. The second-order valence-corrected chi connectivity index (χ2v) is 5.17. The van der Waals surface area contributed by atoms with E-state index in [0.717, 1.165) is 25.7 Å². The second kappa shape index (κ2) is 5.63. The van der Waals surface area contributed by atoms with Crippen LogP contribution in [0.5, 0.6) is 0 Å². The van der Waals surface area contributed by atoms with Gasteiger partial charge in [-0.3, -0.25) is 4.39 Å². The Kier molecular flexibility index (Phi) is 4.16. The maximum atomic E-state index is 12.1. The van der Waals surface area contributed by atoms with Crippen LogP contribution in [0.4, 0.5) is 4.39 Å². The summed E-state index contributed by atoms with van der Waals surface area (Å²) >= 11 is 0. The monoisotopic (exact) mass is 235 g/mol. The standard InChI is InChI=1S/C15H22FN/c16-12-6-3-8-13-7-1-2-9-14(13)15(17)10-4-5-11-15/h1-2,7,9H,3-6,8,10-12,17H2. The van der Waals surface area contributed by atoms with Crippen LogP contribution < -0.4 is 5.73 Å². The van der Waals surface area contributed by atoms with Gasteiger partial charge in [0.2, 0.25) is 0 Å². The van der Waals surface area contributed by atoms with E-state index in [-0.39, 0.29) is 12.2 Å². The molecule has 1 aromatic rings. The number of unbranched alkanes of at least 4 members (excludes halogenated alkanes) is 1. The molecule has 1 fully saturated rings. The normalized spacial score (nSPS) is 18.5. The molecule has 0 atom stereocenters. The van der Waals surface area contributed by atoms with Crippen molar-refractivity contribution in [2.75, 3.05) is 6.67 Å². The molecule has 0 aliphatic heterocycles. The third-order valence-corrected chi connectivity index (χ3v) is 3.88. The lowest BCUT2D eigenvalue weighted by Gasteiger charge is -2.27. The third-order valence-electron chi connectivity index (χ3n) is 3.88. The molecular formula is C15H22FN. The summed E-state index contributed by atoms with van der Waals surface area (Å²) in [4.78, 5) is 0. The summed E-state index contributed by atoms with van der Waals surface area (Å²) in [5.41, 5.74) is 9.02. The van der Waals surface area contributed by atoms with Crippen LogP contribution >= 0.6 is 0 Å². The van der Waals surface area contributed by atoms with Gasteiger partial charge in [-0.15, -0.1) is 0 Å². The van der Waals surface area contributed by atoms with E-state index in [2.05, 4.69) is 24.3 Å². The van der Waals surface area contributed by atoms with Gasteiger partial charge in [0.25, 0.3) is 0 Å². The van der Waals surface area contributed by atoms with Gasteiger partial charge in [0, 0.05) is 5.54 Å². The fraction of sp³-hybridized carbons (Fsp3) is 0.600. The predicted octanol–water partition coefficient (Wildman–Crippen LogP) is 3.71. The number of rotatable bonds is 5. The first-order valence-corrected chi connectivity index (χ1v) is 6.69. The average molecular weight is 235 g/mol. The van der Waals surface area contributed by atoms with Crippen molar-refractivity contribution >= 4 is 0 Å². The first kappa shape index (κ1) is 12.6. The molecule has 1 aromatic carbocycles. The highest BCUT2D eigenvalue weighted by molar-refractivity contribution is 5.34. The van der Waals surface area contributed by atoms with Crippen molar-refractivity contribution in [2.24, 2.45) is 5.73 Å². The number of benzene rings is 1. The smallest absolute Gasteiger partial charge is 0.0894 e. The van der Waals surface area contributed by atoms with E-state index in [1.807, 2.05) is 0 Å². The van der Waals surface area contributed by atoms with Crippen LogP contribution in [0.15, 0.2) is 24.3 Å². The molecule has 1 nitrogen and oxygen atoms in total. The number of halogens is 1. The Hall–Kier alpha value is -0.890. The molecule has 0 unspecified atom stereocenters. The molecule has 1 aliphatic carbocycles. The van der Waals surface area contributed by atoms with E-state index >= 15 is 0 Å². The molecule has 0 radical (unpaired) electrons. The molecule has 1 aliphatic rings. The van der Waals surface area contributed by atoms with Crippen molar-refractivity contribution in [2.45, 2.75) is 50.5 Å². The summed E-state index contributed by atoms with van der Waals surface area (Å²) in [6.45, 7) is -0.212. The average Bonchev–Trinajstić information content (AvgIpc) is 2.78. The summed E-state index contributed by atoms with van der Waals surface area (Å²) < 4.78 is 12.1. The van der Waals surface area contributed by atoms with E-state index in [4.69, 9.17) is 5.73 Å². The van der Waals surface area contributed by atoms with Gasteiger partial charge in [0.1, 0.15) is 0 Å². The first-order valence-electron chi connectivity index (χ1n) is 6.69. The van der Waals surface area contributed by atoms with Gasteiger partial charge in [-0.25, -0.2) is 0 Å². The minimum Gasteiger partial charge on any atom is -0.321 e. The van der Waals surface area contributed by atoms with Crippen molar-refractivity contribution in [3.05, 3.63) is 35.4 Å². The fourth-order valence-electron chi connectivity index (χ4n) is 2.91. The Morgan fingerprint density at radius 1 is 1.12 bits per heavy atom. The topological polar surface area (TPSA) is 26.0 Å². The number of alkyl halides is 1. The maximum Gasteiger partial charge on any atom is 0.0894 e. The Balaban J connectivity index is 2.15. The zero-order valence-corrected chi connectivity index (χ0v) is 10.4. The van der Waals surface area contributed by atoms with Gasteiger partial charge in [-0.05, 0) is 43.2 Å². The van der Waals surface area contributed by atoms with Gasteiger partial charge < -0.3 is 5.73 Å². The van der Waals surface area contributed by atoms with Gasteiger partial charge in [0.15, 0.2) is 0 Å². The van der Waals surface area contributed by atoms with Crippen LogP contribution in [0, 0.1) is 0 Å². The molecule has 2 rings (SSSR count). The van der Waals surface area contributed by atoms with E-state index in [1.165, 1.54) is 24.0 Å². The molecule has 94 valence electrons. The quantitative estimate of drug-likeness (QED) is 0.774. The van der Waals surface area contributed by atoms with E-state index < -0.39 is 0 Å². The largest absolute Gasteiger partial charge is 0.321 e. The van der Waals surface area contributed by atoms with Crippen LogP contribution in [-0.4, -0.2) is 6.67 Å². The Labute approximate surface area is 103 Å². The number of nitrogens with two attached hydrogens (primary N) is 1. The Morgan fingerprint density at radius 3 is 2.53 bits per heavy atom. The highest BCUT2D eigenvalue weighted by Gasteiger charge is 2.32. The van der Waals surface area contributed by atoms with Crippen LogP contribution in [0.2, 0.25) is 0 Å². The lowest BCUT2D eigenvalue weighted by Crippen LogP contribution is -2.34. The zero-order chi connectivity index (χ0) is 12.1. The first-order chi connectivity index (χ1) is 8.26. The van der Waals surface area contributed by atoms with Crippen LogP contribution in [0.3, 0.4) is 0 Å². The number of aryl methyl sites for hydroxylation is 1. The fourth-order valence-corrected chi connectivity index (χ4v) is 2.91. The lowest BCUT2D eigenvalue weighted by molar-refractivity contribution is 0.448. The Morgan fingerprint density at radius 2 is 1.82 bits per heavy atom. The van der Waals surface area contributed by atoms with E-state index in [0.29, 0.717) is 6.42 Å². The molecule has 0 spiro atoms. The molecule has 0 aromatic heterocycles. The maximum absolute atomic E-state index is 12.1. The minimum absolute atomic E-state index is 0.119. The highest BCUT2D eigenvalue weighted by Crippen LogP contribution is 2.38. The number of hydrogen-bond donors (Lipinski definition) is 1. The van der Waals surface area contributed by atoms with Gasteiger partial charge in [-0.2, -0.15) is 0 Å². The van der Waals surface area contributed by atoms with Crippen molar-refractivity contribution in [3.8, 4) is 0 Å². The zero-order valence-electron chi connectivity index (χ0n) is 10.4. The SMILES string of the molecule is NC1(c2ccccc2CCCCF)CCCC1. The molecule has 2 heteroatoms. The lowest BCUT2D eigenvalue weighted by atomic mass is 9.84. The minimum atomic E-state index is -0.212.